The molecule has 1 heterocycles. The number of unbranched alkanes of at least 4 members (excludes halogenated alkanes) is 2. The van der Waals surface area contributed by atoms with Crippen LogP contribution in [0.4, 0.5) is 10.1 Å². The van der Waals surface area contributed by atoms with Gasteiger partial charge in [0, 0.05) is 12.2 Å². The number of nitrogens with one attached hydrogen (secondary N) is 1. The predicted molar refractivity (Wildman–Crippen MR) is 179 cm³/mol. The number of hydrogen-bond acceptors (Lipinski definition) is 6. The first-order chi connectivity index (χ1) is 22.8. The fraction of sp³-hybridized carbons (Fsp3) is 0.417. The summed E-state index contributed by atoms with van der Waals surface area (Å²) in [5.41, 5.74) is 4.35. The third-order valence-electron chi connectivity index (χ3n) is 8.82. The Balaban J connectivity index is 1.43. The summed E-state index contributed by atoms with van der Waals surface area (Å²) in [6.45, 7) is 0.382. The number of anilines is 1. The second kappa shape index (κ2) is 16.8. The van der Waals surface area contributed by atoms with Crippen LogP contribution < -0.4 is 9.62 Å². The van der Waals surface area contributed by atoms with Crippen molar-refractivity contribution in [2.45, 2.75) is 69.9 Å². The number of carboxylic acids is 2. The molecular formula is C36H43FN2O8S. The summed E-state index contributed by atoms with van der Waals surface area (Å²) in [6, 6.07) is 21.0. The van der Waals surface area contributed by atoms with Crippen molar-refractivity contribution in [3.05, 3.63) is 101 Å². The molecule has 1 saturated heterocycles. The molecule has 4 N–H and O–H groups in total. The number of aliphatic hydroxyl groups is 1. The first-order valence-electron chi connectivity index (χ1n) is 16.2. The number of rotatable bonds is 19. The Hall–Kier alpha value is -4.13. The fourth-order valence-corrected chi connectivity index (χ4v) is 6.65. The number of aliphatic carboxylic acids is 2. The van der Waals surface area contributed by atoms with Gasteiger partial charge in [-0.15, -0.1) is 0 Å². The molecule has 12 heteroatoms. The molecule has 0 radical (unpaired) electrons. The third kappa shape index (κ3) is 10.2. The highest BCUT2D eigenvalue weighted by Crippen LogP contribution is 2.46. The summed E-state index contributed by atoms with van der Waals surface area (Å²) in [5.74, 6) is -4.90. The Kier molecular flexibility index (Phi) is 12.9. The number of halogens is 1. The van der Waals surface area contributed by atoms with E-state index in [0.29, 0.717) is 50.6 Å². The molecular weight excluding hydrogens is 639 g/mol. The predicted octanol–water partition coefficient (Wildman–Crippen LogP) is 5.41. The van der Waals surface area contributed by atoms with Crippen molar-refractivity contribution in [3.8, 4) is 0 Å². The first kappa shape index (κ1) is 36.7. The summed E-state index contributed by atoms with van der Waals surface area (Å²) in [6.07, 6.45) is 5.12. The van der Waals surface area contributed by atoms with E-state index >= 15 is 0 Å². The molecule has 0 aliphatic carbocycles. The van der Waals surface area contributed by atoms with Gasteiger partial charge in [0.1, 0.15) is 5.82 Å². The van der Waals surface area contributed by atoms with Crippen molar-refractivity contribution in [2.75, 3.05) is 17.7 Å². The molecule has 1 aliphatic rings. The molecule has 0 saturated carbocycles. The van der Waals surface area contributed by atoms with Gasteiger partial charge in [0.2, 0.25) is 15.9 Å². The van der Waals surface area contributed by atoms with Gasteiger partial charge >= 0.3 is 11.9 Å². The van der Waals surface area contributed by atoms with Crippen LogP contribution >= 0.6 is 0 Å². The van der Waals surface area contributed by atoms with Crippen LogP contribution in [0, 0.1) is 17.7 Å². The average Bonchev–Trinajstić information content (AvgIpc) is 3.03. The van der Waals surface area contributed by atoms with E-state index in [1.165, 1.54) is 12.1 Å². The number of aryl methyl sites for hydroxylation is 2. The zero-order chi connectivity index (χ0) is 34.8. The zero-order valence-electron chi connectivity index (χ0n) is 26.9. The Morgan fingerprint density at radius 1 is 0.833 bits per heavy atom. The van der Waals surface area contributed by atoms with Gasteiger partial charge in [0.05, 0.1) is 24.3 Å². The summed E-state index contributed by atoms with van der Waals surface area (Å²) < 4.78 is 38.4. The number of nitrogens with zero attached hydrogens (tertiary/aromatic N) is 1. The molecule has 0 bridgehead atoms. The topological polar surface area (TPSA) is 161 Å². The van der Waals surface area contributed by atoms with Gasteiger partial charge in [-0.1, -0.05) is 55.0 Å². The monoisotopic (exact) mass is 682 g/mol. The largest absolute Gasteiger partial charge is 0.481 e. The van der Waals surface area contributed by atoms with E-state index in [0.717, 1.165) is 41.5 Å². The van der Waals surface area contributed by atoms with Crippen molar-refractivity contribution in [1.82, 2.24) is 4.72 Å². The Morgan fingerprint density at radius 2 is 1.40 bits per heavy atom. The molecule has 0 spiro atoms. The lowest BCUT2D eigenvalue weighted by Crippen LogP contribution is -2.55. The number of carboxylic acid groups (broad SMARTS) is 2. The third-order valence-corrected chi connectivity index (χ3v) is 9.54. The van der Waals surface area contributed by atoms with Crippen LogP contribution in [0.3, 0.4) is 0 Å². The second-order valence-corrected chi connectivity index (χ2v) is 14.2. The van der Waals surface area contributed by atoms with Crippen LogP contribution in [0.1, 0.15) is 79.3 Å². The zero-order valence-corrected chi connectivity index (χ0v) is 27.7. The summed E-state index contributed by atoms with van der Waals surface area (Å²) >= 11 is 0. The molecule has 4 rings (SSSR count). The van der Waals surface area contributed by atoms with Crippen LogP contribution in [0.15, 0.2) is 72.8 Å². The second-order valence-electron chi connectivity index (χ2n) is 12.4. The number of β-lactam (4-membered cyclic amide) rings is 1. The summed E-state index contributed by atoms with van der Waals surface area (Å²) in [7, 11) is -3.21. The molecule has 258 valence electrons. The highest BCUT2D eigenvalue weighted by atomic mass is 32.2. The van der Waals surface area contributed by atoms with Crippen molar-refractivity contribution in [1.29, 1.82) is 0 Å². The van der Waals surface area contributed by atoms with E-state index in [-0.39, 0.29) is 30.1 Å². The lowest BCUT2D eigenvalue weighted by molar-refractivity contribution is -0.154. The van der Waals surface area contributed by atoms with E-state index in [4.69, 9.17) is 10.2 Å². The molecule has 10 nitrogen and oxygen atoms in total. The van der Waals surface area contributed by atoms with Crippen LogP contribution in [0.5, 0.6) is 0 Å². The minimum absolute atomic E-state index is 0.0543. The maximum absolute atomic E-state index is 13.6. The van der Waals surface area contributed by atoms with Crippen molar-refractivity contribution >= 4 is 33.6 Å². The Morgan fingerprint density at radius 3 is 1.96 bits per heavy atom. The SMILES string of the molecule is CS(=O)(=O)NCCCCc1ccc(N2C(=O)C(CC[C@H](O)c3ccc(F)cc3)[C@H]2c2ccc(CCCCC(C(=O)O)C(=O)O)cc2)cc1. The number of carbonyl (C=O) groups excluding carboxylic acids is 1. The quantitative estimate of drug-likeness (QED) is 0.0741. The average molecular weight is 683 g/mol. The number of sulfonamides is 1. The van der Waals surface area contributed by atoms with Crippen LogP contribution in [-0.4, -0.2) is 54.4 Å². The van der Waals surface area contributed by atoms with Crippen molar-refractivity contribution in [2.24, 2.45) is 11.8 Å². The highest BCUT2D eigenvalue weighted by molar-refractivity contribution is 7.88. The molecule has 3 atom stereocenters. The van der Waals surface area contributed by atoms with Crippen LogP contribution in [-0.2, 0) is 37.2 Å². The highest BCUT2D eigenvalue weighted by Gasteiger charge is 2.48. The molecule has 1 amide bonds. The smallest absolute Gasteiger partial charge is 0.317 e. The van der Waals surface area contributed by atoms with E-state index in [2.05, 4.69) is 4.72 Å². The molecule has 0 aromatic heterocycles. The lowest BCUT2D eigenvalue weighted by atomic mass is 9.78. The van der Waals surface area contributed by atoms with E-state index in [9.17, 15) is 32.3 Å². The maximum Gasteiger partial charge on any atom is 0.317 e. The maximum atomic E-state index is 13.6. The Labute approximate surface area is 280 Å². The molecule has 48 heavy (non-hydrogen) atoms. The minimum atomic E-state index is -3.21. The number of aliphatic hydroxyl groups excluding tert-OH is 1. The summed E-state index contributed by atoms with van der Waals surface area (Å²) in [4.78, 5) is 37.6. The van der Waals surface area contributed by atoms with Gasteiger partial charge in [-0.05, 0) is 97.9 Å². The molecule has 3 aromatic rings. The van der Waals surface area contributed by atoms with Gasteiger partial charge in [-0.3, -0.25) is 14.4 Å². The van der Waals surface area contributed by atoms with Gasteiger partial charge in [0.25, 0.3) is 0 Å². The van der Waals surface area contributed by atoms with E-state index in [1.54, 1.807) is 17.0 Å². The van der Waals surface area contributed by atoms with Crippen molar-refractivity contribution in [3.63, 3.8) is 0 Å². The number of carbonyl (C=O) groups is 3. The van der Waals surface area contributed by atoms with Gasteiger partial charge < -0.3 is 20.2 Å². The Bertz CT molecular complexity index is 1630. The number of amides is 1. The van der Waals surface area contributed by atoms with Gasteiger partial charge in [0.15, 0.2) is 5.92 Å². The standard InChI is InChI=1S/C36H43FN2O8S/c1-48(46,47)38-23-5-4-7-25-11-19-29(20-12-25)39-33(30(34(39)41)21-22-32(40)26-15-17-28(37)18-16-26)27-13-9-24(10-14-27)6-2-3-8-31(35(42)43)36(44)45/h9-20,30-33,38,40H,2-8,21-23H2,1H3,(H,42,43)(H,44,45)/t30?,32-,33+/m0/s1. The number of benzene rings is 3. The van der Waals surface area contributed by atoms with E-state index < -0.39 is 34.0 Å². The van der Waals surface area contributed by atoms with Crippen LogP contribution in [0.2, 0.25) is 0 Å². The fourth-order valence-electron chi connectivity index (χ4n) is 6.13. The van der Waals surface area contributed by atoms with Crippen LogP contribution in [0.25, 0.3) is 0 Å². The van der Waals surface area contributed by atoms with E-state index in [1.807, 2.05) is 48.5 Å². The van der Waals surface area contributed by atoms with Crippen molar-refractivity contribution < 1.29 is 42.5 Å². The molecule has 1 fully saturated rings. The lowest BCUT2D eigenvalue weighted by Gasteiger charge is -2.48. The first-order valence-corrected chi connectivity index (χ1v) is 18.1. The molecule has 3 aromatic carbocycles. The molecule has 1 unspecified atom stereocenters. The minimum Gasteiger partial charge on any atom is -0.481 e. The van der Waals surface area contributed by atoms with Gasteiger partial charge in [-0.2, -0.15) is 0 Å². The molecule has 1 aliphatic heterocycles. The van der Waals surface area contributed by atoms with Gasteiger partial charge in [-0.25, -0.2) is 17.5 Å². The summed E-state index contributed by atoms with van der Waals surface area (Å²) in [5, 5.41) is 28.9. The normalized spacial score (nSPS) is 16.9. The number of hydrogen-bond donors (Lipinski definition) is 4.